The number of amides is 2. The number of aliphatic hydroxyl groups is 2. The first-order valence-electron chi connectivity index (χ1n) is 11.5. The lowest BCUT2D eigenvalue weighted by molar-refractivity contribution is -0.273. The number of anilines is 1. The minimum atomic E-state index is -1.51. The first kappa shape index (κ1) is 27.3. The van der Waals surface area contributed by atoms with E-state index in [0.29, 0.717) is 16.9 Å². The van der Waals surface area contributed by atoms with Gasteiger partial charge in [-0.25, -0.2) is 19.6 Å². The molecule has 6 N–H and O–H groups in total. The van der Waals surface area contributed by atoms with Crippen LogP contribution < -0.4 is 10.6 Å². The second-order valence-corrected chi connectivity index (χ2v) is 8.63. The number of carboxylic acid groups (broad SMARTS) is 1. The van der Waals surface area contributed by atoms with Crippen LogP contribution in [-0.4, -0.2) is 91.1 Å². The quantitative estimate of drug-likeness (QED) is 0.243. The maximum Gasteiger partial charge on any atom is 0.330 e. The van der Waals surface area contributed by atoms with Gasteiger partial charge in [0.2, 0.25) is 0 Å². The molecule has 2 unspecified atom stereocenters. The van der Waals surface area contributed by atoms with Gasteiger partial charge in [0.25, 0.3) is 0 Å². The molecule has 0 saturated carbocycles. The highest BCUT2D eigenvalue weighted by atomic mass is 16.7. The summed E-state index contributed by atoms with van der Waals surface area (Å²) < 4.78 is 16.3. The Morgan fingerprint density at radius 1 is 1.25 bits per heavy atom. The molecule has 3 rings (SSSR count). The first-order chi connectivity index (χ1) is 17.0. The summed E-state index contributed by atoms with van der Waals surface area (Å²) in [5, 5.41) is 34.1. The Morgan fingerprint density at radius 3 is 2.72 bits per heavy atom. The van der Waals surface area contributed by atoms with Crippen molar-refractivity contribution in [2.24, 2.45) is 0 Å². The molecule has 0 aromatic carbocycles. The van der Waals surface area contributed by atoms with Crippen LogP contribution in [0.5, 0.6) is 0 Å². The number of fused-ring (bicyclic) bond motifs is 1. The second-order valence-electron chi connectivity index (χ2n) is 8.63. The van der Waals surface area contributed by atoms with Crippen LogP contribution in [0.1, 0.15) is 40.0 Å². The van der Waals surface area contributed by atoms with E-state index in [1.165, 1.54) is 25.5 Å². The van der Waals surface area contributed by atoms with Gasteiger partial charge in [-0.3, -0.25) is 4.79 Å². The van der Waals surface area contributed by atoms with Crippen LogP contribution in [0, 0.1) is 0 Å². The number of aromatic nitrogens is 3. The number of hydrogen-bond acceptors (Lipinski definition) is 10. The van der Waals surface area contributed by atoms with Crippen LogP contribution in [0.25, 0.3) is 11.2 Å². The SMILES string of the molecule is CC1O[C@@H](O[C@H](C)CCC(=O)O[C@H](C)[C@H](NC(=O)Nc2ccnc3nc[nH]c23)C(=O)O)C(O)C[C@H]1O. The van der Waals surface area contributed by atoms with Crippen LogP contribution in [0.3, 0.4) is 0 Å². The van der Waals surface area contributed by atoms with Crippen molar-refractivity contribution in [1.29, 1.82) is 0 Å². The number of urea groups is 1. The van der Waals surface area contributed by atoms with Gasteiger partial charge in [0, 0.05) is 19.0 Å². The summed E-state index contributed by atoms with van der Waals surface area (Å²) >= 11 is 0. The largest absolute Gasteiger partial charge is 0.480 e. The van der Waals surface area contributed by atoms with E-state index in [9.17, 15) is 29.7 Å². The van der Waals surface area contributed by atoms with E-state index in [4.69, 9.17) is 14.2 Å². The smallest absolute Gasteiger partial charge is 0.330 e. The van der Waals surface area contributed by atoms with Gasteiger partial charge in [0.05, 0.1) is 30.3 Å². The van der Waals surface area contributed by atoms with Gasteiger partial charge < -0.3 is 45.1 Å². The Labute approximate surface area is 206 Å². The van der Waals surface area contributed by atoms with Crippen LogP contribution in [0.15, 0.2) is 18.6 Å². The van der Waals surface area contributed by atoms with E-state index in [1.807, 2.05) is 0 Å². The first-order valence-corrected chi connectivity index (χ1v) is 11.5. The third kappa shape index (κ3) is 7.10. The number of nitrogens with zero attached hydrogens (tertiary/aromatic N) is 2. The lowest BCUT2D eigenvalue weighted by Crippen LogP contribution is -2.50. The molecule has 7 atom stereocenters. The van der Waals surface area contributed by atoms with E-state index in [-0.39, 0.29) is 19.3 Å². The molecule has 2 aromatic heterocycles. The fraction of sp³-hybridized carbons (Fsp3) is 0.591. The number of esters is 1. The van der Waals surface area contributed by atoms with E-state index in [1.54, 1.807) is 13.8 Å². The average Bonchev–Trinajstić information content (AvgIpc) is 3.29. The number of aromatic amines is 1. The zero-order valence-corrected chi connectivity index (χ0v) is 20.1. The number of aliphatic carboxylic acids is 1. The minimum Gasteiger partial charge on any atom is -0.480 e. The highest BCUT2D eigenvalue weighted by Crippen LogP contribution is 2.23. The molecule has 1 aliphatic rings. The number of ether oxygens (including phenoxy) is 3. The third-order valence-corrected chi connectivity index (χ3v) is 5.72. The number of imidazole rings is 1. The standard InChI is InChI=1S/C22H31N5O9/c1-10(34-21-15(29)8-14(28)11(2)36-21)4-5-16(30)35-12(3)17(20(31)32)27-22(33)26-13-6-7-23-19-18(13)24-9-25-19/h6-7,9-12,14-15,17,21,28-29H,4-5,8H2,1-3H3,(H,31,32)(H3,23,24,25,26,27,33)/t10-,11?,12-,14-,15?,17+,21-/m1/s1. The summed E-state index contributed by atoms with van der Waals surface area (Å²) in [6.45, 7) is 4.71. The molecule has 1 aliphatic heterocycles. The van der Waals surface area contributed by atoms with Crippen LogP contribution in [0.4, 0.5) is 10.5 Å². The highest BCUT2D eigenvalue weighted by Gasteiger charge is 2.35. The van der Waals surface area contributed by atoms with Crippen molar-refractivity contribution in [3.05, 3.63) is 18.6 Å². The third-order valence-electron chi connectivity index (χ3n) is 5.72. The zero-order chi connectivity index (χ0) is 26.4. The van der Waals surface area contributed by atoms with Gasteiger partial charge in [0.15, 0.2) is 18.0 Å². The Kier molecular flexibility index (Phi) is 9.14. The van der Waals surface area contributed by atoms with Crippen LogP contribution in [0.2, 0.25) is 0 Å². The zero-order valence-electron chi connectivity index (χ0n) is 20.1. The highest BCUT2D eigenvalue weighted by molar-refractivity contribution is 5.98. The topological polar surface area (TPSA) is 205 Å². The van der Waals surface area contributed by atoms with Crippen molar-refractivity contribution in [2.75, 3.05) is 5.32 Å². The summed E-state index contributed by atoms with van der Waals surface area (Å²) in [7, 11) is 0. The summed E-state index contributed by atoms with van der Waals surface area (Å²) in [4.78, 5) is 47.3. The number of carbonyl (C=O) groups excluding carboxylic acids is 2. The molecular formula is C22H31N5O9. The molecule has 1 fully saturated rings. The van der Waals surface area contributed by atoms with Crippen molar-refractivity contribution in [3.63, 3.8) is 0 Å². The normalized spacial score (nSPS) is 24.5. The van der Waals surface area contributed by atoms with E-state index >= 15 is 0 Å². The maximum atomic E-state index is 12.4. The summed E-state index contributed by atoms with van der Waals surface area (Å²) in [6.07, 6.45) is -1.82. The van der Waals surface area contributed by atoms with E-state index in [0.717, 1.165) is 0 Å². The summed E-state index contributed by atoms with van der Waals surface area (Å²) in [6, 6.07) is -0.817. The molecule has 0 radical (unpaired) electrons. The molecule has 0 spiro atoms. The van der Waals surface area contributed by atoms with Gasteiger partial charge in [-0.05, 0) is 33.3 Å². The van der Waals surface area contributed by atoms with Gasteiger partial charge in [-0.1, -0.05) is 0 Å². The minimum absolute atomic E-state index is 0.0974. The number of H-pyrrole nitrogens is 1. The number of nitrogens with one attached hydrogen (secondary N) is 3. The number of carbonyl (C=O) groups is 3. The maximum absolute atomic E-state index is 12.4. The molecule has 0 bridgehead atoms. The average molecular weight is 510 g/mol. The number of aliphatic hydroxyl groups excluding tert-OH is 2. The molecule has 3 heterocycles. The lowest BCUT2D eigenvalue weighted by Gasteiger charge is -2.36. The van der Waals surface area contributed by atoms with Crippen molar-refractivity contribution in [1.82, 2.24) is 20.3 Å². The molecule has 14 heteroatoms. The van der Waals surface area contributed by atoms with E-state index in [2.05, 4.69) is 25.6 Å². The number of carboxylic acids is 1. The number of pyridine rings is 1. The summed E-state index contributed by atoms with van der Waals surface area (Å²) in [5.74, 6) is -2.07. The van der Waals surface area contributed by atoms with Gasteiger partial charge in [-0.15, -0.1) is 0 Å². The molecule has 2 amide bonds. The summed E-state index contributed by atoms with van der Waals surface area (Å²) in [5.41, 5.74) is 1.18. The Morgan fingerprint density at radius 2 is 2.00 bits per heavy atom. The van der Waals surface area contributed by atoms with Crippen molar-refractivity contribution >= 4 is 34.8 Å². The molecule has 0 aliphatic carbocycles. The predicted molar refractivity (Wildman–Crippen MR) is 124 cm³/mol. The number of hydrogen-bond donors (Lipinski definition) is 6. The Bertz CT molecular complexity index is 1060. The van der Waals surface area contributed by atoms with E-state index < -0.39 is 60.8 Å². The van der Waals surface area contributed by atoms with Crippen LogP contribution in [-0.2, 0) is 23.8 Å². The van der Waals surface area contributed by atoms with Crippen molar-refractivity contribution in [2.45, 2.75) is 82.9 Å². The second kappa shape index (κ2) is 12.1. The van der Waals surface area contributed by atoms with Crippen molar-refractivity contribution < 1.29 is 43.9 Å². The van der Waals surface area contributed by atoms with Crippen molar-refractivity contribution in [3.8, 4) is 0 Å². The lowest BCUT2D eigenvalue weighted by atomic mass is 10.0. The molecule has 1 saturated heterocycles. The van der Waals surface area contributed by atoms with Gasteiger partial charge in [0.1, 0.15) is 17.7 Å². The molecule has 36 heavy (non-hydrogen) atoms. The predicted octanol–water partition coefficient (Wildman–Crippen LogP) is 0.506. The number of rotatable bonds is 10. The fourth-order valence-electron chi connectivity index (χ4n) is 3.65. The van der Waals surface area contributed by atoms with Gasteiger partial charge in [-0.2, -0.15) is 0 Å². The molecule has 198 valence electrons. The Balaban J connectivity index is 1.47. The van der Waals surface area contributed by atoms with Gasteiger partial charge >= 0.3 is 18.0 Å². The van der Waals surface area contributed by atoms with Crippen LogP contribution >= 0.6 is 0 Å². The monoisotopic (exact) mass is 509 g/mol. The fourth-order valence-corrected chi connectivity index (χ4v) is 3.65. The molecular weight excluding hydrogens is 478 g/mol. The molecule has 2 aromatic rings. The Hall–Kier alpha value is -3.33. The molecule has 14 nitrogen and oxygen atoms in total.